The molecule has 1 aliphatic rings. The van der Waals surface area contributed by atoms with Crippen molar-refractivity contribution in [2.45, 2.75) is 45.8 Å². The van der Waals surface area contributed by atoms with Crippen LogP contribution < -0.4 is 11.1 Å². The standard InChI is InChI=1S/C24H25BrN8O2/c1-12-7-8-27-20-19-22(26)28-11-29-23(19)32(21(12)20)10-18(34)33-14(3)13(2)9-15(33)24(35)31-17-6-4-5-16(25)30-17/h4-8,11,13-15H,9-10H2,1-3H3,(H2,26,28,29)(H,30,31,35)/t13-,14-,15+/m1/s1. The Morgan fingerprint density at radius 3 is 2.77 bits per heavy atom. The van der Waals surface area contributed by atoms with Gasteiger partial charge in [0, 0.05) is 12.2 Å². The number of rotatable bonds is 4. The number of pyridine rings is 2. The molecule has 35 heavy (non-hydrogen) atoms. The van der Waals surface area contributed by atoms with Gasteiger partial charge in [-0.2, -0.15) is 0 Å². The highest BCUT2D eigenvalue weighted by atomic mass is 79.9. The van der Waals surface area contributed by atoms with Crippen LogP contribution in [0.3, 0.4) is 0 Å². The maximum Gasteiger partial charge on any atom is 0.248 e. The zero-order valence-electron chi connectivity index (χ0n) is 19.6. The lowest BCUT2D eigenvalue weighted by Crippen LogP contribution is -2.47. The molecule has 1 aliphatic heterocycles. The first kappa shape index (κ1) is 23.2. The Morgan fingerprint density at radius 2 is 2.00 bits per heavy atom. The topological polar surface area (TPSA) is 132 Å². The number of carbonyl (C=O) groups excluding carboxylic acids is 2. The van der Waals surface area contributed by atoms with Crippen LogP contribution in [0.4, 0.5) is 11.6 Å². The molecule has 1 fully saturated rings. The van der Waals surface area contributed by atoms with Crippen LogP contribution in [0.2, 0.25) is 0 Å². The third kappa shape index (κ3) is 3.99. The van der Waals surface area contributed by atoms with Crippen LogP contribution in [0, 0.1) is 12.8 Å². The number of nitrogen functional groups attached to an aromatic ring is 1. The molecule has 0 aromatic carbocycles. The van der Waals surface area contributed by atoms with Gasteiger partial charge in [0.1, 0.15) is 46.3 Å². The van der Waals surface area contributed by atoms with Crippen LogP contribution in [0.15, 0.2) is 41.4 Å². The SMILES string of the molecule is Cc1ccnc2c3c(N)ncnc3n(CC(=O)N3[C@H](C)[C@H](C)C[C@H]3C(=O)Nc3cccc(Br)n3)c12. The summed E-state index contributed by atoms with van der Waals surface area (Å²) in [5, 5.41) is 3.48. The summed E-state index contributed by atoms with van der Waals surface area (Å²) in [6.45, 7) is 5.98. The van der Waals surface area contributed by atoms with Crippen molar-refractivity contribution in [3.05, 3.63) is 47.0 Å². The zero-order chi connectivity index (χ0) is 24.9. The summed E-state index contributed by atoms with van der Waals surface area (Å²) in [5.41, 5.74) is 9.08. The minimum Gasteiger partial charge on any atom is -0.383 e. The minimum absolute atomic E-state index is 0.00103. The average molecular weight is 537 g/mol. The fraction of sp³-hybridized carbons (Fsp3) is 0.333. The van der Waals surface area contributed by atoms with Crippen LogP contribution >= 0.6 is 15.9 Å². The molecule has 5 rings (SSSR count). The van der Waals surface area contributed by atoms with E-state index in [2.05, 4.69) is 48.1 Å². The van der Waals surface area contributed by atoms with Crippen LogP contribution in [-0.4, -0.2) is 53.3 Å². The number of likely N-dealkylation sites (tertiary alicyclic amines) is 1. The van der Waals surface area contributed by atoms with Gasteiger partial charge in [-0.25, -0.2) is 15.0 Å². The molecule has 3 atom stereocenters. The number of halogens is 1. The molecule has 1 saturated heterocycles. The normalized spacial score (nSPS) is 20.0. The molecular formula is C24H25BrN8O2. The molecule has 2 amide bonds. The number of nitrogens with two attached hydrogens (primary N) is 1. The molecule has 0 radical (unpaired) electrons. The molecule has 5 heterocycles. The Kier molecular flexibility index (Phi) is 5.87. The highest BCUT2D eigenvalue weighted by molar-refractivity contribution is 9.10. The van der Waals surface area contributed by atoms with Crippen LogP contribution in [0.25, 0.3) is 22.1 Å². The van der Waals surface area contributed by atoms with E-state index in [0.29, 0.717) is 39.2 Å². The molecule has 4 aromatic heterocycles. The van der Waals surface area contributed by atoms with E-state index in [1.54, 1.807) is 29.3 Å². The van der Waals surface area contributed by atoms with Crippen LogP contribution in [0.1, 0.15) is 25.8 Å². The van der Waals surface area contributed by atoms with Crippen LogP contribution in [0.5, 0.6) is 0 Å². The molecule has 0 unspecified atom stereocenters. The van der Waals surface area contributed by atoms with E-state index in [9.17, 15) is 9.59 Å². The number of anilines is 2. The number of aromatic nitrogens is 5. The molecule has 0 aliphatic carbocycles. The Morgan fingerprint density at radius 1 is 1.20 bits per heavy atom. The van der Waals surface area contributed by atoms with Gasteiger partial charge in [-0.15, -0.1) is 0 Å². The number of nitrogens with zero attached hydrogens (tertiary/aromatic N) is 6. The molecule has 10 nitrogen and oxygen atoms in total. The number of fused-ring (bicyclic) bond motifs is 3. The number of nitrogens with one attached hydrogen (secondary N) is 1. The predicted molar refractivity (Wildman–Crippen MR) is 136 cm³/mol. The van der Waals surface area contributed by atoms with E-state index in [1.807, 2.05) is 24.5 Å². The fourth-order valence-corrected chi connectivity index (χ4v) is 5.26. The van der Waals surface area contributed by atoms with E-state index in [4.69, 9.17) is 5.73 Å². The van der Waals surface area contributed by atoms with Crippen molar-refractivity contribution in [3.8, 4) is 0 Å². The van der Waals surface area contributed by atoms with E-state index < -0.39 is 6.04 Å². The summed E-state index contributed by atoms with van der Waals surface area (Å²) < 4.78 is 2.45. The summed E-state index contributed by atoms with van der Waals surface area (Å²) in [5.74, 6) is 0.464. The summed E-state index contributed by atoms with van der Waals surface area (Å²) in [4.78, 5) is 46.0. The molecule has 4 aromatic rings. The van der Waals surface area contributed by atoms with Crippen molar-refractivity contribution in [1.82, 2.24) is 29.4 Å². The Hall–Kier alpha value is -3.60. The first-order valence-electron chi connectivity index (χ1n) is 11.3. The molecule has 11 heteroatoms. The monoisotopic (exact) mass is 536 g/mol. The summed E-state index contributed by atoms with van der Waals surface area (Å²) in [6.07, 6.45) is 3.65. The quantitative estimate of drug-likeness (QED) is 0.382. The number of hydrogen-bond acceptors (Lipinski definition) is 7. The van der Waals surface area contributed by atoms with E-state index in [1.165, 1.54) is 6.33 Å². The highest BCUT2D eigenvalue weighted by Crippen LogP contribution is 2.34. The Balaban J connectivity index is 1.50. The fourth-order valence-electron chi connectivity index (χ4n) is 4.91. The van der Waals surface area contributed by atoms with Gasteiger partial charge < -0.3 is 20.5 Å². The number of amides is 2. The van der Waals surface area contributed by atoms with Gasteiger partial charge in [-0.3, -0.25) is 14.6 Å². The van der Waals surface area contributed by atoms with Crippen molar-refractivity contribution >= 4 is 61.4 Å². The second-order valence-corrected chi connectivity index (χ2v) is 9.79. The van der Waals surface area contributed by atoms with Gasteiger partial charge in [-0.1, -0.05) is 13.0 Å². The first-order valence-corrected chi connectivity index (χ1v) is 12.1. The molecule has 3 N–H and O–H groups in total. The summed E-state index contributed by atoms with van der Waals surface area (Å²) in [7, 11) is 0. The maximum atomic E-state index is 13.8. The van der Waals surface area contributed by atoms with E-state index in [0.717, 1.165) is 11.1 Å². The third-order valence-electron chi connectivity index (χ3n) is 6.79. The molecule has 0 bridgehead atoms. The van der Waals surface area contributed by atoms with Gasteiger partial charge >= 0.3 is 0 Å². The smallest absolute Gasteiger partial charge is 0.248 e. The molecular weight excluding hydrogens is 512 g/mol. The number of aryl methyl sites for hydroxylation is 1. The summed E-state index contributed by atoms with van der Waals surface area (Å²) >= 11 is 3.32. The first-order chi connectivity index (χ1) is 16.8. The second-order valence-electron chi connectivity index (χ2n) is 8.97. The number of carbonyl (C=O) groups is 2. The van der Waals surface area contributed by atoms with Gasteiger partial charge in [0.25, 0.3) is 0 Å². The van der Waals surface area contributed by atoms with Crippen molar-refractivity contribution in [1.29, 1.82) is 0 Å². The van der Waals surface area contributed by atoms with Crippen molar-refractivity contribution in [3.63, 3.8) is 0 Å². The lowest BCUT2D eigenvalue weighted by molar-refractivity contribution is -0.139. The van der Waals surface area contributed by atoms with Crippen molar-refractivity contribution < 1.29 is 9.59 Å². The summed E-state index contributed by atoms with van der Waals surface area (Å²) in [6, 6.07) is 6.45. The van der Waals surface area contributed by atoms with E-state index >= 15 is 0 Å². The maximum absolute atomic E-state index is 13.8. The van der Waals surface area contributed by atoms with E-state index in [-0.39, 0.29) is 30.3 Å². The van der Waals surface area contributed by atoms with Gasteiger partial charge in [0.05, 0.1) is 10.9 Å². The third-order valence-corrected chi connectivity index (χ3v) is 7.23. The van der Waals surface area contributed by atoms with Gasteiger partial charge in [0.15, 0.2) is 0 Å². The predicted octanol–water partition coefficient (Wildman–Crippen LogP) is 3.29. The zero-order valence-corrected chi connectivity index (χ0v) is 21.2. The molecule has 0 saturated carbocycles. The number of hydrogen-bond donors (Lipinski definition) is 2. The molecule has 0 spiro atoms. The second kappa shape index (κ2) is 8.88. The van der Waals surface area contributed by atoms with Gasteiger partial charge in [0.2, 0.25) is 11.8 Å². The lowest BCUT2D eigenvalue weighted by atomic mass is 10.0. The largest absolute Gasteiger partial charge is 0.383 e. The molecule has 180 valence electrons. The van der Waals surface area contributed by atoms with Crippen molar-refractivity contribution in [2.24, 2.45) is 5.92 Å². The Labute approximate surface area is 210 Å². The average Bonchev–Trinajstić information content (AvgIpc) is 3.30. The lowest BCUT2D eigenvalue weighted by Gasteiger charge is -2.29. The Bertz CT molecular complexity index is 1470. The minimum atomic E-state index is -0.611. The van der Waals surface area contributed by atoms with Crippen molar-refractivity contribution in [2.75, 3.05) is 11.1 Å². The van der Waals surface area contributed by atoms with Crippen LogP contribution in [-0.2, 0) is 16.1 Å². The van der Waals surface area contributed by atoms with Gasteiger partial charge in [-0.05, 0) is 65.9 Å². The highest BCUT2D eigenvalue weighted by Gasteiger charge is 2.43.